The van der Waals surface area contributed by atoms with Gasteiger partial charge in [0.15, 0.2) is 0 Å². The lowest BCUT2D eigenvalue weighted by atomic mass is 10.3. The van der Waals surface area contributed by atoms with Crippen LogP contribution in [0.4, 0.5) is 0 Å². The molecule has 1 fully saturated rings. The van der Waals surface area contributed by atoms with Gasteiger partial charge in [-0.2, -0.15) is 0 Å². The Balaban J connectivity index is 0.00000220. The van der Waals surface area contributed by atoms with Gasteiger partial charge in [-0.05, 0) is 31.2 Å². The molecule has 0 spiro atoms. The second kappa shape index (κ2) is 9.36. The van der Waals surface area contributed by atoms with Crippen LogP contribution < -0.4 is 10.1 Å². The lowest BCUT2D eigenvalue weighted by Gasteiger charge is -2.20. The number of nitrogens with zero attached hydrogens (tertiary/aromatic N) is 1. The molecular weight excluding hydrogens is 335 g/mol. The van der Waals surface area contributed by atoms with E-state index < -0.39 is 0 Å². The van der Waals surface area contributed by atoms with Crippen LogP contribution in [0.25, 0.3) is 0 Å². The number of ether oxygens (including phenoxy) is 1. The van der Waals surface area contributed by atoms with Crippen molar-refractivity contribution in [2.24, 2.45) is 0 Å². The van der Waals surface area contributed by atoms with Gasteiger partial charge in [-0.3, -0.25) is 4.79 Å². The lowest BCUT2D eigenvalue weighted by Crippen LogP contribution is -2.34. The molecule has 4 nitrogen and oxygen atoms in total. The fourth-order valence-electron chi connectivity index (χ4n) is 2.09. The normalized spacial score (nSPS) is 15.0. The summed E-state index contributed by atoms with van der Waals surface area (Å²) in [5, 5.41) is 4.30. The first-order valence-electron chi connectivity index (χ1n) is 6.73. The van der Waals surface area contributed by atoms with E-state index in [-0.39, 0.29) is 18.3 Å². The predicted octanol–water partition coefficient (Wildman–Crippen LogP) is 3.01. The summed E-state index contributed by atoms with van der Waals surface area (Å²) < 4.78 is 5.53. The monoisotopic (exact) mass is 352 g/mol. The highest BCUT2D eigenvalue weighted by Crippen LogP contribution is 2.27. The minimum absolute atomic E-state index is 0. The maximum Gasteiger partial charge on any atom is 0.226 e. The molecule has 0 bridgehead atoms. The van der Waals surface area contributed by atoms with E-state index in [2.05, 4.69) is 5.32 Å². The first-order chi connectivity index (χ1) is 9.66. The SMILES string of the molecule is Cl.O=C(CCOc1ccc(Cl)cc1Cl)N1CCCNCC1. The van der Waals surface area contributed by atoms with Crippen molar-refractivity contribution in [3.05, 3.63) is 28.2 Å². The molecule has 1 N–H and O–H groups in total. The molecule has 2 rings (SSSR count). The summed E-state index contributed by atoms with van der Waals surface area (Å²) in [6, 6.07) is 5.05. The Bertz CT molecular complexity index is 464. The maximum absolute atomic E-state index is 12.0. The average molecular weight is 354 g/mol. The number of hydrogen-bond donors (Lipinski definition) is 1. The second-order valence-electron chi connectivity index (χ2n) is 4.66. The third kappa shape index (κ3) is 5.91. The molecule has 0 unspecified atom stereocenters. The van der Waals surface area contributed by atoms with E-state index in [1.165, 1.54) is 0 Å². The highest BCUT2D eigenvalue weighted by molar-refractivity contribution is 6.35. The van der Waals surface area contributed by atoms with Crippen LogP contribution in [-0.2, 0) is 4.79 Å². The van der Waals surface area contributed by atoms with Crippen LogP contribution >= 0.6 is 35.6 Å². The van der Waals surface area contributed by atoms with E-state index in [0.29, 0.717) is 28.8 Å². The topological polar surface area (TPSA) is 41.6 Å². The molecule has 0 radical (unpaired) electrons. The zero-order valence-corrected chi connectivity index (χ0v) is 13.9. The molecule has 1 aliphatic heterocycles. The number of halogens is 3. The van der Waals surface area contributed by atoms with Gasteiger partial charge in [0, 0.05) is 24.7 Å². The standard InChI is InChI=1S/C14H18Cl2N2O2.ClH/c15-11-2-3-13(12(16)10-11)20-9-4-14(19)18-7-1-5-17-6-8-18;/h2-3,10,17H,1,4-9H2;1H. The van der Waals surface area contributed by atoms with Crippen molar-refractivity contribution < 1.29 is 9.53 Å². The second-order valence-corrected chi connectivity index (χ2v) is 5.50. The van der Waals surface area contributed by atoms with Gasteiger partial charge in [-0.1, -0.05) is 23.2 Å². The molecule has 21 heavy (non-hydrogen) atoms. The van der Waals surface area contributed by atoms with Gasteiger partial charge in [0.2, 0.25) is 5.91 Å². The molecule has 1 aliphatic rings. The van der Waals surface area contributed by atoms with Gasteiger partial charge in [-0.15, -0.1) is 12.4 Å². The Labute approximate surface area is 141 Å². The zero-order chi connectivity index (χ0) is 14.4. The fourth-order valence-corrected chi connectivity index (χ4v) is 2.56. The van der Waals surface area contributed by atoms with Gasteiger partial charge in [0.05, 0.1) is 18.1 Å². The number of carbonyl (C=O) groups is 1. The quantitative estimate of drug-likeness (QED) is 0.905. The number of amides is 1. The summed E-state index contributed by atoms with van der Waals surface area (Å²) in [4.78, 5) is 13.9. The van der Waals surface area contributed by atoms with Crippen molar-refractivity contribution in [3.63, 3.8) is 0 Å². The van der Waals surface area contributed by atoms with Crippen molar-refractivity contribution >= 4 is 41.5 Å². The minimum Gasteiger partial charge on any atom is -0.491 e. The van der Waals surface area contributed by atoms with Crippen molar-refractivity contribution in [2.75, 3.05) is 32.8 Å². The van der Waals surface area contributed by atoms with Crippen LogP contribution in [-0.4, -0.2) is 43.6 Å². The first kappa shape index (κ1) is 18.4. The predicted molar refractivity (Wildman–Crippen MR) is 87.9 cm³/mol. The summed E-state index contributed by atoms with van der Waals surface area (Å²) in [6.07, 6.45) is 1.36. The number of benzene rings is 1. The molecule has 1 amide bonds. The molecule has 1 heterocycles. The molecule has 0 aromatic heterocycles. The minimum atomic E-state index is 0. The Morgan fingerprint density at radius 1 is 1.29 bits per heavy atom. The number of nitrogens with one attached hydrogen (secondary N) is 1. The smallest absolute Gasteiger partial charge is 0.226 e. The summed E-state index contributed by atoms with van der Waals surface area (Å²) in [5.41, 5.74) is 0. The number of carbonyl (C=O) groups excluding carboxylic acids is 1. The maximum atomic E-state index is 12.0. The number of rotatable bonds is 4. The molecule has 7 heteroatoms. The van der Waals surface area contributed by atoms with E-state index in [9.17, 15) is 4.79 Å². The van der Waals surface area contributed by atoms with E-state index in [4.69, 9.17) is 27.9 Å². The van der Waals surface area contributed by atoms with Gasteiger partial charge in [0.25, 0.3) is 0 Å². The van der Waals surface area contributed by atoms with Crippen molar-refractivity contribution in [3.8, 4) is 5.75 Å². The van der Waals surface area contributed by atoms with E-state index >= 15 is 0 Å². The van der Waals surface area contributed by atoms with Gasteiger partial charge in [-0.25, -0.2) is 0 Å². The molecule has 0 aliphatic carbocycles. The van der Waals surface area contributed by atoms with Crippen molar-refractivity contribution in [2.45, 2.75) is 12.8 Å². The van der Waals surface area contributed by atoms with E-state index in [0.717, 1.165) is 32.6 Å². The van der Waals surface area contributed by atoms with E-state index in [1.807, 2.05) is 4.90 Å². The van der Waals surface area contributed by atoms with Crippen LogP contribution in [0.1, 0.15) is 12.8 Å². The molecule has 1 aromatic rings. The van der Waals surface area contributed by atoms with Crippen molar-refractivity contribution in [1.82, 2.24) is 10.2 Å². The molecule has 0 atom stereocenters. The fraction of sp³-hybridized carbons (Fsp3) is 0.500. The Morgan fingerprint density at radius 3 is 2.86 bits per heavy atom. The molecular formula is C14H19Cl3N2O2. The lowest BCUT2D eigenvalue weighted by molar-refractivity contribution is -0.131. The Kier molecular flexibility index (Phi) is 8.19. The van der Waals surface area contributed by atoms with Gasteiger partial charge >= 0.3 is 0 Å². The Morgan fingerprint density at radius 2 is 2.10 bits per heavy atom. The highest BCUT2D eigenvalue weighted by atomic mass is 35.5. The van der Waals surface area contributed by atoms with E-state index in [1.54, 1.807) is 18.2 Å². The van der Waals surface area contributed by atoms with Crippen LogP contribution in [0, 0.1) is 0 Å². The van der Waals surface area contributed by atoms with Crippen LogP contribution in [0.2, 0.25) is 10.0 Å². The van der Waals surface area contributed by atoms with Crippen LogP contribution in [0.3, 0.4) is 0 Å². The third-order valence-corrected chi connectivity index (χ3v) is 3.69. The summed E-state index contributed by atoms with van der Waals surface area (Å²) in [5.74, 6) is 0.681. The molecule has 1 saturated heterocycles. The molecule has 0 saturated carbocycles. The third-order valence-electron chi connectivity index (χ3n) is 3.16. The molecule has 118 valence electrons. The Hall–Kier alpha value is -0.680. The average Bonchev–Trinajstić information content (AvgIpc) is 2.70. The van der Waals surface area contributed by atoms with Crippen LogP contribution in [0.5, 0.6) is 5.75 Å². The summed E-state index contributed by atoms with van der Waals surface area (Å²) in [6.45, 7) is 3.73. The first-order valence-corrected chi connectivity index (χ1v) is 7.49. The highest BCUT2D eigenvalue weighted by Gasteiger charge is 2.15. The zero-order valence-electron chi connectivity index (χ0n) is 11.6. The van der Waals surface area contributed by atoms with Gasteiger partial charge in [0.1, 0.15) is 5.75 Å². The summed E-state index contributed by atoms with van der Waals surface area (Å²) >= 11 is 11.8. The van der Waals surface area contributed by atoms with Crippen LogP contribution in [0.15, 0.2) is 18.2 Å². The van der Waals surface area contributed by atoms with Gasteiger partial charge < -0.3 is 15.0 Å². The number of hydrogen-bond acceptors (Lipinski definition) is 3. The molecule has 1 aromatic carbocycles. The van der Waals surface area contributed by atoms with Crippen molar-refractivity contribution in [1.29, 1.82) is 0 Å². The summed E-state index contributed by atoms with van der Waals surface area (Å²) in [7, 11) is 0. The largest absolute Gasteiger partial charge is 0.491 e.